The Bertz CT molecular complexity index is 1770. The number of carbonyl (C=O) groups is 1. The lowest BCUT2D eigenvalue weighted by molar-refractivity contribution is -0.120. The topological polar surface area (TPSA) is 125 Å². The molecule has 196 valence electrons. The van der Waals surface area contributed by atoms with Gasteiger partial charge in [0.25, 0.3) is 0 Å². The summed E-state index contributed by atoms with van der Waals surface area (Å²) in [6.07, 6.45) is 14.2. The minimum Gasteiger partial charge on any atom is -0.335 e. The molecular weight excluding hydrogens is 508 g/mol. The van der Waals surface area contributed by atoms with Crippen LogP contribution in [0.5, 0.6) is 0 Å². The van der Waals surface area contributed by atoms with Crippen LogP contribution in [0.4, 0.5) is 5.69 Å². The van der Waals surface area contributed by atoms with Crippen LogP contribution in [0.2, 0.25) is 0 Å². The lowest BCUT2D eigenvalue weighted by Gasteiger charge is -2.20. The number of hydrogen-bond acceptors (Lipinski definition) is 7. The Hall–Kier alpha value is -4.44. The lowest BCUT2D eigenvalue weighted by Crippen LogP contribution is -2.24. The van der Waals surface area contributed by atoms with Crippen LogP contribution in [-0.2, 0) is 4.79 Å². The molecule has 0 spiro atoms. The Morgan fingerprint density at radius 2 is 1.85 bits per heavy atom. The number of thiophene rings is 1. The first-order valence-corrected chi connectivity index (χ1v) is 13.6. The van der Waals surface area contributed by atoms with Crippen LogP contribution in [0, 0.1) is 5.92 Å². The maximum absolute atomic E-state index is 12.8. The molecular formula is C29H28N8OS. The lowest BCUT2D eigenvalue weighted by atomic mass is 9.88. The van der Waals surface area contributed by atoms with E-state index in [-0.39, 0.29) is 19.3 Å². The fraction of sp³-hybridized carbons (Fsp3) is 0.241. The van der Waals surface area contributed by atoms with E-state index in [0.29, 0.717) is 17.2 Å². The van der Waals surface area contributed by atoms with E-state index in [2.05, 4.69) is 41.5 Å². The molecule has 7 rings (SSSR count). The summed E-state index contributed by atoms with van der Waals surface area (Å²) in [7, 11) is 0. The number of imidazole rings is 1. The third kappa shape index (κ3) is 4.67. The molecule has 0 aromatic carbocycles. The van der Waals surface area contributed by atoms with E-state index in [1.807, 2.05) is 29.8 Å². The second-order valence-corrected chi connectivity index (χ2v) is 10.6. The van der Waals surface area contributed by atoms with Crippen molar-refractivity contribution in [1.82, 2.24) is 35.1 Å². The van der Waals surface area contributed by atoms with Crippen molar-refractivity contribution in [2.75, 3.05) is 5.32 Å². The average Bonchev–Trinajstić information content (AvgIpc) is 3.73. The van der Waals surface area contributed by atoms with Gasteiger partial charge in [0.1, 0.15) is 11.2 Å². The van der Waals surface area contributed by atoms with Crippen LogP contribution in [0.3, 0.4) is 0 Å². The van der Waals surface area contributed by atoms with Crippen molar-refractivity contribution < 1.29 is 4.79 Å². The number of aromatic nitrogens is 7. The highest BCUT2D eigenvalue weighted by Gasteiger charge is 2.21. The highest BCUT2D eigenvalue weighted by atomic mass is 32.1. The number of amides is 1. The van der Waals surface area contributed by atoms with E-state index < -0.39 is 0 Å². The standard InChI is InChI=1S/C28H24N8OS.CH4/c37-28(16-5-2-1-3-6-16)32-19-9-17(11-29-13-19)18-10-20-25(35-36-26(20)31-12-18)27-33-22-15-30-14-21(24(22)34-27)23-7-4-8-38-23;/h4,7-16H,1-3,5-6H2,(H,32,37)(H,33,34)(H,31,35,36);1H4. The third-order valence-electron chi connectivity index (χ3n) is 7.14. The third-order valence-corrected chi connectivity index (χ3v) is 8.05. The van der Waals surface area contributed by atoms with Crippen molar-refractivity contribution in [1.29, 1.82) is 0 Å². The summed E-state index contributed by atoms with van der Waals surface area (Å²) in [4.78, 5) is 35.5. The zero-order valence-corrected chi connectivity index (χ0v) is 21.3. The highest BCUT2D eigenvalue weighted by Crippen LogP contribution is 2.34. The predicted molar refractivity (Wildman–Crippen MR) is 155 cm³/mol. The summed E-state index contributed by atoms with van der Waals surface area (Å²) in [6, 6.07) is 8.05. The molecule has 9 nitrogen and oxygen atoms in total. The summed E-state index contributed by atoms with van der Waals surface area (Å²) in [5, 5.41) is 13.4. The Morgan fingerprint density at radius 3 is 2.69 bits per heavy atom. The Morgan fingerprint density at radius 1 is 1.00 bits per heavy atom. The number of nitrogens with one attached hydrogen (secondary N) is 3. The van der Waals surface area contributed by atoms with Gasteiger partial charge in [-0.25, -0.2) is 9.97 Å². The van der Waals surface area contributed by atoms with Gasteiger partial charge in [-0.15, -0.1) is 11.3 Å². The van der Waals surface area contributed by atoms with Crippen molar-refractivity contribution in [3.05, 3.63) is 60.6 Å². The number of anilines is 1. The van der Waals surface area contributed by atoms with E-state index in [4.69, 9.17) is 4.98 Å². The van der Waals surface area contributed by atoms with Crippen molar-refractivity contribution in [2.24, 2.45) is 5.92 Å². The zero-order chi connectivity index (χ0) is 25.5. The van der Waals surface area contributed by atoms with Gasteiger partial charge in [0.15, 0.2) is 11.5 Å². The van der Waals surface area contributed by atoms with Gasteiger partial charge in [0.05, 0.1) is 29.0 Å². The quantitative estimate of drug-likeness (QED) is 0.221. The van der Waals surface area contributed by atoms with Crippen molar-refractivity contribution >= 4 is 45.0 Å². The summed E-state index contributed by atoms with van der Waals surface area (Å²) in [6.45, 7) is 0. The molecule has 1 aliphatic rings. The van der Waals surface area contributed by atoms with E-state index in [1.54, 1.807) is 36.1 Å². The molecule has 1 fully saturated rings. The molecule has 6 aromatic rings. The molecule has 0 saturated heterocycles. The van der Waals surface area contributed by atoms with Crippen LogP contribution in [0.15, 0.2) is 60.6 Å². The number of rotatable bonds is 5. The first kappa shape index (κ1) is 24.9. The molecule has 1 amide bonds. The Balaban J connectivity index is 0.00000277. The summed E-state index contributed by atoms with van der Waals surface area (Å²) >= 11 is 1.66. The Kier molecular flexibility index (Phi) is 6.62. The van der Waals surface area contributed by atoms with Gasteiger partial charge in [-0.2, -0.15) is 5.10 Å². The SMILES string of the molecule is C.O=C(Nc1cncc(-c2cnc3n[nH]c(-c4nc5c(-c6cccs6)cncc5[nH]4)c3c2)c1)C1CCCCC1. The molecule has 0 radical (unpaired) electrons. The number of fused-ring (bicyclic) bond motifs is 2. The van der Waals surface area contributed by atoms with Gasteiger partial charge in [0, 0.05) is 46.1 Å². The first-order valence-electron chi connectivity index (χ1n) is 12.7. The number of nitrogens with zero attached hydrogens (tertiary/aromatic N) is 5. The van der Waals surface area contributed by atoms with Gasteiger partial charge in [-0.1, -0.05) is 32.8 Å². The smallest absolute Gasteiger partial charge is 0.227 e. The summed E-state index contributed by atoms with van der Waals surface area (Å²) < 4.78 is 0. The second-order valence-electron chi connectivity index (χ2n) is 9.63. The van der Waals surface area contributed by atoms with Gasteiger partial charge < -0.3 is 10.3 Å². The second kappa shape index (κ2) is 10.4. The molecule has 0 atom stereocenters. The largest absolute Gasteiger partial charge is 0.335 e. The van der Waals surface area contributed by atoms with Gasteiger partial charge in [-0.3, -0.25) is 19.9 Å². The van der Waals surface area contributed by atoms with Crippen LogP contribution in [0.25, 0.3) is 55.2 Å². The fourth-order valence-corrected chi connectivity index (χ4v) is 5.91. The highest BCUT2D eigenvalue weighted by molar-refractivity contribution is 7.13. The maximum Gasteiger partial charge on any atom is 0.227 e. The molecule has 10 heteroatoms. The van der Waals surface area contributed by atoms with Gasteiger partial charge in [0.2, 0.25) is 5.91 Å². The number of carbonyl (C=O) groups excluding carboxylic acids is 1. The normalized spacial score (nSPS) is 13.9. The maximum atomic E-state index is 12.8. The average molecular weight is 537 g/mol. The molecule has 1 saturated carbocycles. The van der Waals surface area contributed by atoms with E-state index >= 15 is 0 Å². The summed E-state index contributed by atoms with van der Waals surface area (Å²) in [5.74, 6) is 0.827. The molecule has 6 heterocycles. The number of H-pyrrole nitrogens is 2. The molecule has 0 bridgehead atoms. The van der Waals surface area contributed by atoms with Crippen molar-refractivity contribution in [3.63, 3.8) is 0 Å². The van der Waals surface area contributed by atoms with Crippen molar-refractivity contribution in [2.45, 2.75) is 39.5 Å². The summed E-state index contributed by atoms with van der Waals surface area (Å²) in [5.41, 5.74) is 6.46. The molecule has 3 N–H and O–H groups in total. The fourth-order valence-electron chi connectivity index (χ4n) is 5.18. The monoisotopic (exact) mass is 536 g/mol. The van der Waals surface area contributed by atoms with Crippen LogP contribution < -0.4 is 5.32 Å². The molecule has 6 aromatic heterocycles. The van der Waals surface area contributed by atoms with Crippen LogP contribution >= 0.6 is 11.3 Å². The van der Waals surface area contributed by atoms with E-state index in [9.17, 15) is 4.79 Å². The van der Waals surface area contributed by atoms with E-state index in [0.717, 1.165) is 69.4 Å². The molecule has 39 heavy (non-hydrogen) atoms. The number of pyridine rings is 3. The van der Waals surface area contributed by atoms with Crippen LogP contribution in [-0.4, -0.2) is 41.0 Å². The number of hydrogen-bond donors (Lipinski definition) is 3. The first-order chi connectivity index (χ1) is 18.7. The molecule has 0 unspecified atom stereocenters. The van der Waals surface area contributed by atoms with E-state index in [1.165, 1.54) is 6.42 Å². The van der Waals surface area contributed by atoms with Crippen molar-refractivity contribution in [3.8, 4) is 33.1 Å². The van der Waals surface area contributed by atoms with Gasteiger partial charge >= 0.3 is 0 Å². The zero-order valence-electron chi connectivity index (χ0n) is 20.4. The number of aromatic amines is 2. The predicted octanol–water partition coefficient (Wildman–Crippen LogP) is 6.84. The van der Waals surface area contributed by atoms with Crippen LogP contribution in [0.1, 0.15) is 39.5 Å². The molecule has 1 aliphatic carbocycles. The van der Waals surface area contributed by atoms with Gasteiger partial charge in [-0.05, 0) is 36.4 Å². The minimum absolute atomic E-state index is 0. The molecule has 0 aliphatic heterocycles. The minimum atomic E-state index is 0. The Labute approximate surface area is 229 Å².